The number of urea groups is 1. The number of carbonyl (C=O) groups excluding carboxylic acids is 4. The molecule has 0 saturated heterocycles. The molecule has 3 amide bonds. The predicted molar refractivity (Wildman–Crippen MR) is 141 cm³/mol. The molecule has 1 saturated carbocycles. The number of rotatable bonds is 8. The van der Waals surface area contributed by atoms with E-state index in [0.717, 1.165) is 25.7 Å². The number of carbonyl (C=O) groups is 4. The monoisotopic (exact) mass is 529 g/mol. The lowest BCUT2D eigenvalue weighted by molar-refractivity contribution is -0.148. The minimum Gasteiger partial charge on any atom is -0.465 e. The zero-order valence-corrected chi connectivity index (χ0v) is 22.9. The first-order valence-electron chi connectivity index (χ1n) is 13.3. The van der Waals surface area contributed by atoms with Crippen molar-refractivity contribution in [2.75, 3.05) is 6.61 Å². The molecule has 0 radical (unpaired) electrons. The molecule has 38 heavy (non-hydrogen) atoms. The molecule has 1 fully saturated rings. The van der Waals surface area contributed by atoms with Gasteiger partial charge in [0.2, 0.25) is 0 Å². The molecule has 0 aromatic heterocycles. The van der Waals surface area contributed by atoms with E-state index in [0.29, 0.717) is 30.2 Å². The topological polar surface area (TPSA) is 132 Å². The van der Waals surface area contributed by atoms with E-state index in [1.807, 2.05) is 6.92 Å². The summed E-state index contributed by atoms with van der Waals surface area (Å²) in [6.07, 6.45) is 5.35. The highest BCUT2D eigenvalue weighted by Gasteiger charge is 2.39. The van der Waals surface area contributed by atoms with Crippen LogP contribution in [0.5, 0.6) is 5.75 Å². The molecule has 1 aromatic rings. The largest absolute Gasteiger partial charge is 0.465 e. The van der Waals surface area contributed by atoms with Crippen LogP contribution in [0.25, 0.3) is 0 Å². The van der Waals surface area contributed by atoms with Crippen LogP contribution in [0.2, 0.25) is 0 Å². The van der Waals surface area contributed by atoms with E-state index >= 15 is 0 Å². The number of hydrogen-bond acceptors (Lipinski definition) is 7. The van der Waals surface area contributed by atoms with Crippen molar-refractivity contribution in [3.05, 3.63) is 29.8 Å². The van der Waals surface area contributed by atoms with Gasteiger partial charge in [-0.1, -0.05) is 38.3 Å². The van der Waals surface area contributed by atoms with Crippen molar-refractivity contribution in [1.82, 2.24) is 10.6 Å². The summed E-state index contributed by atoms with van der Waals surface area (Å²) >= 11 is 0. The van der Waals surface area contributed by atoms with Gasteiger partial charge in [0.1, 0.15) is 23.3 Å². The first-order chi connectivity index (χ1) is 18.0. The molecule has 10 nitrogen and oxygen atoms in total. The Balaban J connectivity index is 1.66. The molecule has 2 aliphatic rings. The SMILES string of the molecule is CCC1=NC(=O)NC(c2ccc(OC(=O)C(C)NC(=O)OC(C)(C)C)cc2)C1C(=O)OCC1CCCCC1. The van der Waals surface area contributed by atoms with E-state index in [1.54, 1.807) is 45.0 Å². The van der Waals surface area contributed by atoms with Gasteiger partial charge in [-0.25, -0.2) is 19.4 Å². The number of esters is 2. The highest BCUT2D eigenvalue weighted by atomic mass is 16.6. The molecule has 1 aliphatic carbocycles. The van der Waals surface area contributed by atoms with E-state index in [9.17, 15) is 19.2 Å². The Morgan fingerprint density at radius 2 is 1.76 bits per heavy atom. The number of nitrogens with one attached hydrogen (secondary N) is 2. The van der Waals surface area contributed by atoms with Gasteiger partial charge in [0.25, 0.3) is 0 Å². The maximum Gasteiger partial charge on any atom is 0.408 e. The predicted octanol–water partition coefficient (Wildman–Crippen LogP) is 4.86. The number of hydrogen-bond donors (Lipinski definition) is 2. The molecule has 1 heterocycles. The molecule has 208 valence electrons. The summed E-state index contributed by atoms with van der Waals surface area (Å²) < 4.78 is 16.3. The molecule has 0 spiro atoms. The number of benzene rings is 1. The van der Waals surface area contributed by atoms with Crippen LogP contribution in [0.15, 0.2) is 29.3 Å². The molecule has 3 rings (SSSR count). The molecule has 0 bridgehead atoms. The maximum atomic E-state index is 13.2. The summed E-state index contributed by atoms with van der Waals surface area (Å²) in [6.45, 7) is 8.89. The fourth-order valence-electron chi connectivity index (χ4n) is 4.62. The van der Waals surface area contributed by atoms with Gasteiger partial charge in [0.05, 0.1) is 12.6 Å². The molecule has 1 aromatic carbocycles. The zero-order valence-electron chi connectivity index (χ0n) is 22.9. The molecule has 10 heteroatoms. The Morgan fingerprint density at radius 1 is 1.11 bits per heavy atom. The summed E-state index contributed by atoms with van der Waals surface area (Å²) in [7, 11) is 0. The van der Waals surface area contributed by atoms with Crippen molar-refractivity contribution in [2.45, 2.75) is 90.8 Å². The van der Waals surface area contributed by atoms with Crippen LogP contribution in [0.1, 0.15) is 84.7 Å². The van der Waals surface area contributed by atoms with Crippen molar-refractivity contribution in [3.8, 4) is 5.75 Å². The Labute approximate surface area is 223 Å². The van der Waals surface area contributed by atoms with Crippen molar-refractivity contribution >= 4 is 29.8 Å². The van der Waals surface area contributed by atoms with Gasteiger partial charge in [-0.3, -0.25) is 4.79 Å². The molecule has 3 atom stereocenters. The second-order valence-electron chi connectivity index (χ2n) is 10.9. The fraction of sp³-hybridized carbons (Fsp3) is 0.607. The van der Waals surface area contributed by atoms with Gasteiger partial charge in [-0.2, -0.15) is 0 Å². The van der Waals surface area contributed by atoms with E-state index in [2.05, 4.69) is 15.6 Å². The Bertz CT molecular complexity index is 1040. The smallest absolute Gasteiger partial charge is 0.408 e. The molecule has 2 N–H and O–H groups in total. The number of aliphatic imine (C=N–C) groups is 1. The Hall–Kier alpha value is -3.43. The van der Waals surface area contributed by atoms with Crippen LogP contribution in [-0.2, 0) is 19.1 Å². The van der Waals surface area contributed by atoms with Gasteiger partial charge < -0.3 is 24.8 Å². The minimum absolute atomic E-state index is 0.250. The summed E-state index contributed by atoms with van der Waals surface area (Å²) in [5.74, 6) is -1.20. The van der Waals surface area contributed by atoms with Gasteiger partial charge in [-0.15, -0.1) is 0 Å². The van der Waals surface area contributed by atoms with E-state index < -0.39 is 47.7 Å². The normalized spacial score (nSPS) is 21.0. The van der Waals surface area contributed by atoms with Gasteiger partial charge in [-0.05, 0) is 70.6 Å². The second-order valence-corrected chi connectivity index (χ2v) is 10.9. The van der Waals surface area contributed by atoms with Crippen molar-refractivity contribution in [3.63, 3.8) is 0 Å². The van der Waals surface area contributed by atoms with Gasteiger partial charge in [0.15, 0.2) is 0 Å². The zero-order chi connectivity index (χ0) is 27.9. The van der Waals surface area contributed by atoms with Crippen molar-refractivity contribution in [1.29, 1.82) is 0 Å². The van der Waals surface area contributed by atoms with Gasteiger partial charge in [0, 0.05) is 5.71 Å². The molecular weight excluding hydrogens is 490 g/mol. The summed E-state index contributed by atoms with van der Waals surface area (Å²) in [4.78, 5) is 53.9. The quantitative estimate of drug-likeness (QED) is 0.363. The number of alkyl carbamates (subject to hydrolysis) is 1. The van der Waals surface area contributed by atoms with Crippen molar-refractivity contribution in [2.24, 2.45) is 16.8 Å². The van der Waals surface area contributed by atoms with Crippen LogP contribution < -0.4 is 15.4 Å². The first-order valence-corrected chi connectivity index (χ1v) is 13.3. The standard InChI is InChI=1S/C28H39N3O7/c1-6-21-22(25(33)36-16-18-10-8-7-9-11-18)23(31-26(34)30-21)19-12-14-20(15-13-19)37-24(32)17(2)29-27(35)38-28(3,4)5/h12-15,17-18,22-23H,6-11,16H2,1-5H3,(H,29,35)(H,31,34). The van der Waals surface area contributed by atoms with E-state index in [1.165, 1.54) is 13.3 Å². The van der Waals surface area contributed by atoms with E-state index in [-0.39, 0.29) is 5.75 Å². The van der Waals surface area contributed by atoms with Crippen LogP contribution >= 0.6 is 0 Å². The molecule has 1 aliphatic heterocycles. The van der Waals surface area contributed by atoms with E-state index in [4.69, 9.17) is 14.2 Å². The third kappa shape index (κ3) is 8.29. The molecule has 3 unspecified atom stereocenters. The third-order valence-corrected chi connectivity index (χ3v) is 6.56. The number of nitrogens with zero attached hydrogens (tertiary/aromatic N) is 1. The van der Waals surface area contributed by atoms with Crippen LogP contribution in [0.3, 0.4) is 0 Å². The minimum atomic E-state index is -0.936. The van der Waals surface area contributed by atoms with Crippen molar-refractivity contribution < 1.29 is 33.4 Å². The van der Waals surface area contributed by atoms with Crippen LogP contribution in [0, 0.1) is 11.8 Å². The van der Waals surface area contributed by atoms with Crippen LogP contribution in [0.4, 0.5) is 9.59 Å². The summed E-state index contributed by atoms with van der Waals surface area (Å²) in [5, 5.41) is 5.23. The number of amides is 3. The Morgan fingerprint density at radius 3 is 2.37 bits per heavy atom. The van der Waals surface area contributed by atoms with Crippen LogP contribution in [-0.4, -0.2) is 48.0 Å². The lowest BCUT2D eigenvalue weighted by atomic mass is 9.86. The average molecular weight is 530 g/mol. The fourth-order valence-corrected chi connectivity index (χ4v) is 4.62. The third-order valence-electron chi connectivity index (χ3n) is 6.56. The lowest BCUT2D eigenvalue weighted by Gasteiger charge is -2.31. The molecular formula is C28H39N3O7. The number of ether oxygens (including phenoxy) is 3. The first kappa shape index (κ1) is 29.1. The lowest BCUT2D eigenvalue weighted by Crippen LogP contribution is -2.45. The van der Waals surface area contributed by atoms with Gasteiger partial charge >= 0.3 is 24.1 Å². The maximum absolute atomic E-state index is 13.2. The highest BCUT2D eigenvalue weighted by Crippen LogP contribution is 2.31. The Kier molecular flexibility index (Phi) is 9.88. The highest BCUT2D eigenvalue weighted by molar-refractivity contribution is 6.09. The summed E-state index contributed by atoms with van der Waals surface area (Å²) in [5.41, 5.74) is 0.434. The second kappa shape index (κ2) is 12.9. The summed E-state index contributed by atoms with van der Waals surface area (Å²) in [6, 6.07) is 4.39. The average Bonchev–Trinajstić information content (AvgIpc) is 2.86.